The van der Waals surface area contributed by atoms with Crippen LogP contribution >= 0.6 is 0 Å². The van der Waals surface area contributed by atoms with Crippen LogP contribution in [0.2, 0.25) is 0 Å². The average Bonchev–Trinajstić information content (AvgIpc) is 2.95. The maximum atomic E-state index is 12.8. The number of aryl methyl sites for hydroxylation is 2. The van der Waals surface area contributed by atoms with Gasteiger partial charge in [-0.15, -0.1) is 0 Å². The molecule has 2 heterocycles. The van der Waals surface area contributed by atoms with E-state index in [0.29, 0.717) is 0 Å². The molecule has 1 aromatic carbocycles. The van der Waals surface area contributed by atoms with Gasteiger partial charge in [0.2, 0.25) is 5.91 Å². The highest BCUT2D eigenvalue weighted by Crippen LogP contribution is 2.32. The standard InChI is InChI=1S/C20H28N4O2/c1-14-18(16-8-10-17(26-4)11-9-16)19(23(3)22-14)21-20(25)15(2)24-12-6-5-7-13-24/h8-11,15H,5-7,12-13H2,1-4H3,(H,21,25). The zero-order valence-electron chi connectivity index (χ0n) is 16.1. The van der Waals surface area contributed by atoms with Crippen molar-refractivity contribution in [1.82, 2.24) is 14.7 Å². The zero-order valence-corrected chi connectivity index (χ0v) is 16.1. The first kappa shape index (κ1) is 18.5. The summed E-state index contributed by atoms with van der Waals surface area (Å²) in [5.41, 5.74) is 2.85. The number of nitrogens with one attached hydrogen (secondary N) is 1. The number of ether oxygens (including phenoxy) is 1. The van der Waals surface area contributed by atoms with Gasteiger partial charge in [0.05, 0.1) is 18.8 Å². The van der Waals surface area contributed by atoms with E-state index in [2.05, 4.69) is 15.3 Å². The largest absolute Gasteiger partial charge is 0.497 e. The number of piperidine rings is 1. The minimum atomic E-state index is -0.144. The number of anilines is 1. The summed E-state index contributed by atoms with van der Waals surface area (Å²) in [6, 6.07) is 7.68. The van der Waals surface area contributed by atoms with E-state index in [1.165, 1.54) is 19.3 Å². The average molecular weight is 356 g/mol. The molecule has 1 unspecified atom stereocenters. The molecule has 2 aromatic rings. The zero-order chi connectivity index (χ0) is 18.7. The predicted octanol–water partition coefficient (Wildman–Crippen LogP) is 3.22. The van der Waals surface area contributed by atoms with E-state index in [1.807, 2.05) is 45.2 Å². The summed E-state index contributed by atoms with van der Waals surface area (Å²) in [5.74, 6) is 1.56. The summed E-state index contributed by atoms with van der Waals surface area (Å²) in [5, 5.41) is 7.62. The first-order valence-electron chi connectivity index (χ1n) is 9.24. The quantitative estimate of drug-likeness (QED) is 0.894. The Balaban J connectivity index is 1.84. The number of carbonyl (C=O) groups is 1. The SMILES string of the molecule is COc1ccc(-c2c(C)nn(C)c2NC(=O)C(C)N2CCCCC2)cc1. The normalized spacial score (nSPS) is 16.3. The van der Waals surface area contributed by atoms with Gasteiger partial charge >= 0.3 is 0 Å². The number of nitrogens with zero attached hydrogens (tertiary/aromatic N) is 3. The second-order valence-electron chi connectivity index (χ2n) is 6.92. The maximum absolute atomic E-state index is 12.8. The Morgan fingerprint density at radius 3 is 2.46 bits per heavy atom. The monoisotopic (exact) mass is 356 g/mol. The Hall–Kier alpha value is -2.34. The Morgan fingerprint density at radius 1 is 1.19 bits per heavy atom. The van der Waals surface area contributed by atoms with Gasteiger partial charge < -0.3 is 10.1 Å². The van der Waals surface area contributed by atoms with Gasteiger partial charge in [0.25, 0.3) is 0 Å². The molecule has 6 heteroatoms. The lowest BCUT2D eigenvalue weighted by atomic mass is 10.1. The Bertz CT molecular complexity index is 761. The molecule has 6 nitrogen and oxygen atoms in total. The van der Waals surface area contributed by atoms with Crippen molar-refractivity contribution in [3.63, 3.8) is 0 Å². The van der Waals surface area contributed by atoms with Gasteiger partial charge in [0, 0.05) is 12.6 Å². The third-order valence-electron chi connectivity index (χ3n) is 5.16. The van der Waals surface area contributed by atoms with Gasteiger partial charge in [0.15, 0.2) is 0 Å². The van der Waals surface area contributed by atoms with Crippen molar-refractivity contribution >= 4 is 11.7 Å². The van der Waals surface area contributed by atoms with Gasteiger partial charge in [-0.05, 0) is 57.5 Å². The molecule has 0 saturated carbocycles. The molecule has 1 aliphatic rings. The summed E-state index contributed by atoms with van der Waals surface area (Å²) in [4.78, 5) is 15.1. The molecular weight excluding hydrogens is 328 g/mol. The molecule has 140 valence electrons. The molecule has 0 aliphatic carbocycles. The van der Waals surface area contributed by atoms with E-state index in [9.17, 15) is 4.79 Å². The molecule has 26 heavy (non-hydrogen) atoms. The van der Waals surface area contributed by atoms with Crippen LogP contribution in [-0.4, -0.2) is 46.8 Å². The second kappa shape index (κ2) is 7.91. The van der Waals surface area contributed by atoms with E-state index in [4.69, 9.17) is 4.74 Å². The van der Waals surface area contributed by atoms with Gasteiger partial charge in [-0.2, -0.15) is 5.10 Å². The summed E-state index contributed by atoms with van der Waals surface area (Å²) in [6.07, 6.45) is 3.59. The number of hydrogen-bond acceptors (Lipinski definition) is 4. The number of rotatable bonds is 5. The van der Waals surface area contributed by atoms with Gasteiger partial charge in [-0.3, -0.25) is 14.4 Å². The fraction of sp³-hybridized carbons (Fsp3) is 0.500. The number of amides is 1. The van der Waals surface area contributed by atoms with Crippen molar-refractivity contribution in [3.8, 4) is 16.9 Å². The van der Waals surface area contributed by atoms with Crippen LogP contribution in [0.5, 0.6) is 5.75 Å². The maximum Gasteiger partial charge on any atom is 0.242 e. The summed E-state index contributed by atoms with van der Waals surface area (Å²) in [7, 11) is 3.51. The van der Waals surface area contributed by atoms with Crippen LogP contribution in [-0.2, 0) is 11.8 Å². The molecule has 0 radical (unpaired) electrons. The van der Waals surface area contributed by atoms with Crippen molar-refractivity contribution in [2.45, 2.75) is 39.2 Å². The Kier molecular flexibility index (Phi) is 5.61. The molecule has 1 fully saturated rings. The number of carbonyl (C=O) groups excluding carboxylic acids is 1. The highest BCUT2D eigenvalue weighted by atomic mass is 16.5. The smallest absolute Gasteiger partial charge is 0.242 e. The van der Waals surface area contributed by atoms with Crippen molar-refractivity contribution < 1.29 is 9.53 Å². The van der Waals surface area contributed by atoms with E-state index in [0.717, 1.165) is 41.5 Å². The molecule has 0 bridgehead atoms. The van der Waals surface area contributed by atoms with Crippen molar-refractivity contribution in [2.24, 2.45) is 7.05 Å². The lowest BCUT2D eigenvalue weighted by Gasteiger charge is -2.31. The van der Waals surface area contributed by atoms with Gasteiger partial charge in [-0.1, -0.05) is 18.6 Å². The molecular formula is C20H28N4O2. The van der Waals surface area contributed by atoms with Gasteiger partial charge in [-0.25, -0.2) is 0 Å². The number of methoxy groups -OCH3 is 1. The van der Waals surface area contributed by atoms with Crippen LogP contribution in [0.15, 0.2) is 24.3 Å². The molecule has 1 atom stereocenters. The molecule has 1 aliphatic heterocycles. The highest BCUT2D eigenvalue weighted by Gasteiger charge is 2.25. The van der Waals surface area contributed by atoms with E-state index >= 15 is 0 Å². The van der Waals surface area contributed by atoms with Crippen LogP contribution in [0.3, 0.4) is 0 Å². The highest BCUT2D eigenvalue weighted by molar-refractivity contribution is 5.97. The minimum absolute atomic E-state index is 0.0182. The fourth-order valence-electron chi connectivity index (χ4n) is 3.60. The van der Waals surface area contributed by atoms with Crippen LogP contribution < -0.4 is 10.1 Å². The van der Waals surface area contributed by atoms with Crippen LogP contribution in [0.25, 0.3) is 11.1 Å². The first-order chi connectivity index (χ1) is 12.5. The summed E-state index contributed by atoms with van der Waals surface area (Å²) >= 11 is 0. The molecule has 1 aromatic heterocycles. The minimum Gasteiger partial charge on any atom is -0.497 e. The number of likely N-dealkylation sites (tertiary alicyclic amines) is 1. The van der Waals surface area contributed by atoms with Crippen LogP contribution in [0.4, 0.5) is 5.82 Å². The second-order valence-corrected chi connectivity index (χ2v) is 6.92. The Morgan fingerprint density at radius 2 is 1.85 bits per heavy atom. The van der Waals surface area contributed by atoms with Crippen LogP contribution in [0, 0.1) is 6.92 Å². The lowest BCUT2D eigenvalue weighted by molar-refractivity contribution is -0.121. The van der Waals surface area contributed by atoms with Crippen molar-refractivity contribution in [3.05, 3.63) is 30.0 Å². The van der Waals surface area contributed by atoms with Gasteiger partial charge in [0.1, 0.15) is 11.6 Å². The van der Waals surface area contributed by atoms with E-state index in [1.54, 1.807) is 11.8 Å². The molecule has 1 amide bonds. The van der Waals surface area contributed by atoms with Crippen molar-refractivity contribution in [2.75, 3.05) is 25.5 Å². The first-order valence-corrected chi connectivity index (χ1v) is 9.24. The number of benzene rings is 1. The van der Waals surface area contributed by atoms with Crippen molar-refractivity contribution in [1.29, 1.82) is 0 Å². The number of aromatic nitrogens is 2. The van der Waals surface area contributed by atoms with E-state index in [-0.39, 0.29) is 11.9 Å². The summed E-state index contributed by atoms with van der Waals surface area (Å²) in [6.45, 7) is 5.93. The predicted molar refractivity (Wildman–Crippen MR) is 103 cm³/mol. The lowest BCUT2D eigenvalue weighted by Crippen LogP contribution is -2.44. The third-order valence-corrected chi connectivity index (χ3v) is 5.16. The molecule has 1 saturated heterocycles. The Labute approximate surface area is 155 Å². The third kappa shape index (κ3) is 3.75. The van der Waals surface area contributed by atoms with Crippen LogP contribution in [0.1, 0.15) is 31.9 Å². The number of hydrogen-bond donors (Lipinski definition) is 1. The fourth-order valence-corrected chi connectivity index (χ4v) is 3.60. The van der Waals surface area contributed by atoms with E-state index < -0.39 is 0 Å². The molecule has 0 spiro atoms. The topological polar surface area (TPSA) is 59.4 Å². The summed E-state index contributed by atoms with van der Waals surface area (Å²) < 4.78 is 6.98. The molecule has 1 N–H and O–H groups in total. The molecule has 3 rings (SSSR count).